The Morgan fingerprint density at radius 2 is 2.04 bits per heavy atom. The number of aryl methyl sites for hydroxylation is 1. The van der Waals surface area contributed by atoms with Crippen LogP contribution in [0.5, 0.6) is 0 Å². The lowest BCUT2D eigenvalue weighted by atomic mass is 9.95. The molecule has 1 atom stereocenters. The Kier molecular flexibility index (Phi) is 4.97. The van der Waals surface area contributed by atoms with E-state index in [1.807, 2.05) is 17.9 Å². The molecule has 1 aliphatic rings. The number of hydrogen-bond donors (Lipinski definition) is 0. The standard InChI is InChI=1S/C18H30N6O/c1-18(2,3)17-20-15-14(9-19-23(15)6)16(21-17)24-7-8-25-12-13(11-24)10-22(4)5/h9,13H,7-8,10-12H2,1-6H3. The summed E-state index contributed by atoms with van der Waals surface area (Å²) >= 11 is 0. The maximum Gasteiger partial charge on any atom is 0.163 e. The maximum absolute atomic E-state index is 5.84. The van der Waals surface area contributed by atoms with Crippen molar-refractivity contribution in [2.75, 3.05) is 51.8 Å². The molecule has 0 aromatic carbocycles. The molecule has 0 N–H and O–H groups in total. The fourth-order valence-electron chi connectivity index (χ4n) is 3.28. The molecule has 2 aromatic heterocycles. The van der Waals surface area contributed by atoms with Crippen molar-refractivity contribution in [3.05, 3.63) is 12.0 Å². The molecule has 0 saturated carbocycles. The van der Waals surface area contributed by atoms with E-state index in [0.29, 0.717) is 5.92 Å². The molecule has 1 aliphatic heterocycles. The molecule has 1 saturated heterocycles. The molecule has 0 radical (unpaired) electrons. The van der Waals surface area contributed by atoms with Crippen molar-refractivity contribution >= 4 is 16.9 Å². The average molecular weight is 346 g/mol. The summed E-state index contributed by atoms with van der Waals surface area (Å²) in [5.74, 6) is 2.29. The number of fused-ring (bicyclic) bond motifs is 1. The third-order valence-corrected chi connectivity index (χ3v) is 4.50. The van der Waals surface area contributed by atoms with E-state index in [9.17, 15) is 0 Å². The van der Waals surface area contributed by atoms with Gasteiger partial charge in [-0.1, -0.05) is 20.8 Å². The van der Waals surface area contributed by atoms with Gasteiger partial charge in [0.05, 0.1) is 24.8 Å². The Morgan fingerprint density at radius 1 is 1.28 bits per heavy atom. The summed E-state index contributed by atoms with van der Waals surface area (Å²) in [6, 6.07) is 0. The number of anilines is 1. The van der Waals surface area contributed by atoms with E-state index in [-0.39, 0.29) is 5.41 Å². The van der Waals surface area contributed by atoms with Gasteiger partial charge in [-0.25, -0.2) is 9.97 Å². The smallest absolute Gasteiger partial charge is 0.163 e. The van der Waals surface area contributed by atoms with E-state index in [0.717, 1.165) is 55.5 Å². The van der Waals surface area contributed by atoms with E-state index >= 15 is 0 Å². The van der Waals surface area contributed by atoms with Gasteiger partial charge in [0.2, 0.25) is 0 Å². The summed E-state index contributed by atoms with van der Waals surface area (Å²) in [6.45, 7) is 10.7. The Bertz CT molecular complexity index is 733. The first-order valence-electron chi connectivity index (χ1n) is 8.93. The Hall–Kier alpha value is -1.73. The van der Waals surface area contributed by atoms with Crippen LogP contribution in [0, 0.1) is 5.92 Å². The van der Waals surface area contributed by atoms with Crippen molar-refractivity contribution in [3.63, 3.8) is 0 Å². The maximum atomic E-state index is 5.84. The molecule has 3 rings (SSSR count). The van der Waals surface area contributed by atoms with Crippen LogP contribution in [-0.4, -0.2) is 71.6 Å². The lowest BCUT2D eigenvalue weighted by Gasteiger charge is -2.28. The molecule has 0 amide bonds. The monoisotopic (exact) mass is 346 g/mol. The summed E-state index contributed by atoms with van der Waals surface area (Å²) < 4.78 is 7.68. The highest BCUT2D eigenvalue weighted by Gasteiger charge is 2.26. The summed E-state index contributed by atoms with van der Waals surface area (Å²) in [4.78, 5) is 14.3. The lowest BCUT2D eigenvalue weighted by molar-refractivity contribution is 0.113. The summed E-state index contributed by atoms with van der Waals surface area (Å²) in [5.41, 5.74) is 0.780. The SMILES string of the molecule is CN(C)CC1COCCN(c2nc(C(C)(C)C)nc3c2cnn3C)C1. The third kappa shape index (κ3) is 3.93. The summed E-state index contributed by atoms with van der Waals surface area (Å²) in [6.07, 6.45) is 1.88. The zero-order valence-electron chi connectivity index (χ0n) is 16.3. The number of ether oxygens (including phenoxy) is 1. The summed E-state index contributed by atoms with van der Waals surface area (Å²) in [5, 5.41) is 5.43. The average Bonchev–Trinajstić information content (AvgIpc) is 2.75. The van der Waals surface area contributed by atoms with Gasteiger partial charge in [-0.15, -0.1) is 0 Å². The van der Waals surface area contributed by atoms with E-state index < -0.39 is 0 Å². The predicted octanol–water partition coefficient (Wildman–Crippen LogP) is 1.68. The quantitative estimate of drug-likeness (QED) is 0.843. The van der Waals surface area contributed by atoms with Gasteiger partial charge >= 0.3 is 0 Å². The molecule has 0 aliphatic carbocycles. The molecule has 7 nitrogen and oxygen atoms in total. The van der Waals surface area contributed by atoms with Gasteiger partial charge in [-0.05, 0) is 14.1 Å². The Balaban J connectivity index is 2.03. The Labute approximate surface area is 150 Å². The van der Waals surface area contributed by atoms with Crippen molar-refractivity contribution in [1.29, 1.82) is 0 Å². The fraction of sp³-hybridized carbons (Fsp3) is 0.722. The van der Waals surface area contributed by atoms with Crippen molar-refractivity contribution in [1.82, 2.24) is 24.6 Å². The molecule has 0 spiro atoms. The first-order valence-corrected chi connectivity index (χ1v) is 8.93. The molecule has 1 fully saturated rings. The zero-order chi connectivity index (χ0) is 18.2. The number of nitrogens with zero attached hydrogens (tertiary/aromatic N) is 6. The van der Waals surface area contributed by atoms with E-state index in [2.05, 4.69) is 49.8 Å². The highest BCUT2D eigenvalue weighted by atomic mass is 16.5. The minimum atomic E-state index is -0.113. The van der Waals surface area contributed by atoms with Crippen molar-refractivity contribution in [3.8, 4) is 0 Å². The molecule has 3 heterocycles. The van der Waals surface area contributed by atoms with Crippen molar-refractivity contribution in [2.45, 2.75) is 26.2 Å². The van der Waals surface area contributed by atoms with Crippen LogP contribution in [0.2, 0.25) is 0 Å². The van der Waals surface area contributed by atoms with Crippen LogP contribution in [0.3, 0.4) is 0 Å². The molecular weight excluding hydrogens is 316 g/mol. The predicted molar refractivity (Wildman–Crippen MR) is 100 cm³/mol. The largest absolute Gasteiger partial charge is 0.379 e. The van der Waals surface area contributed by atoms with Crippen LogP contribution in [0.25, 0.3) is 11.0 Å². The van der Waals surface area contributed by atoms with Crippen LogP contribution in [0.4, 0.5) is 5.82 Å². The lowest BCUT2D eigenvalue weighted by Crippen LogP contribution is -2.35. The first-order chi connectivity index (χ1) is 11.8. The minimum Gasteiger partial charge on any atom is -0.379 e. The molecule has 7 heteroatoms. The van der Waals surface area contributed by atoms with E-state index in [1.165, 1.54) is 0 Å². The fourth-order valence-corrected chi connectivity index (χ4v) is 3.28. The van der Waals surface area contributed by atoms with Gasteiger partial charge in [-0.2, -0.15) is 5.10 Å². The first kappa shape index (κ1) is 18.1. The van der Waals surface area contributed by atoms with Gasteiger partial charge < -0.3 is 14.5 Å². The molecule has 0 bridgehead atoms. The van der Waals surface area contributed by atoms with Crippen LogP contribution in [-0.2, 0) is 17.2 Å². The van der Waals surface area contributed by atoms with Crippen molar-refractivity contribution in [2.24, 2.45) is 13.0 Å². The second-order valence-electron chi connectivity index (χ2n) is 8.28. The van der Waals surface area contributed by atoms with Gasteiger partial charge in [0, 0.05) is 38.0 Å². The number of rotatable bonds is 3. The minimum absolute atomic E-state index is 0.113. The van der Waals surface area contributed by atoms with Gasteiger partial charge in [0.25, 0.3) is 0 Å². The van der Waals surface area contributed by atoms with Gasteiger partial charge in [0.1, 0.15) is 11.6 Å². The van der Waals surface area contributed by atoms with Gasteiger partial charge in [0.15, 0.2) is 5.65 Å². The second kappa shape index (κ2) is 6.88. The third-order valence-electron chi connectivity index (χ3n) is 4.50. The van der Waals surface area contributed by atoms with Crippen molar-refractivity contribution < 1.29 is 4.74 Å². The molecule has 25 heavy (non-hydrogen) atoms. The normalized spacial score (nSPS) is 19.6. The van der Waals surface area contributed by atoms with Crippen LogP contribution >= 0.6 is 0 Å². The van der Waals surface area contributed by atoms with E-state index in [1.54, 1.807) is 0 Å². The van der Waals surface area contributed by atoms with Crippen LogP contribution in [0.1, 0.15) is 26.6 Å². The second-order valence-corrected chi connectivity index (χ2v) is 8.28. The molecule has 2 aromatic rings. The van der Waals surface area contributed by atoms with Crippen LogP contribution in [0.15, 0.2) is 6.20 Å². The highest BCUT2D eigenvalue weighted by molar-refractivity contribution is 5.87. The number of hydrogen-bond acceptors (Lipinski definition) is 6. The molecule has 138 valence electrons. The highest BCUT2D eigenvalue weighted by Crippen LogP contribution is 2.29. The van der Waals surface area contributed by atoms with Crippen LogP contribution < -0.4 is 4.90 Å². The summed E-state index contributed by atoms with van der Waals surface area (Å²) in [7, 11) is 6.15. The zero-order valence-corrected chi connectivity index (χ0v) is 16.3. The molecule has 1 unspecified atom stereocenters. The molecular formula is C18H30N6O. The van der Waals surface area contributed by atoms with Gasteiger partial charge in [-0.3, -0.25) is 4.68 Å². The topological polar surface area (TPSA) is 59.3 Å². The Morgan fingerprint density at radius 3 is 2.72 bits per heavy atom. The van der Waals surface area contributed by atoms with E-state index in [4.69, 9.17) is 14.7 Å². The number of aromatic nitrogens is 4.